The van der Waals surface area contributed by atoms with Crippen LogP contribution in [-0.2, 0) is 17.6 Å². The van der Waals surface area contributed by atoms with Gasteiger partial charge in [0.2, 0.25) is 0 Å². The van der Waals surface area contributed by atoms with Gasteiger partial charge in [0.05, 0.1) is 7.11 Å². The topological polar surface area (TPSA) is 67.8 Å². The molecule has 2 N–H and O–H groups in total. The van der Waals surface area contributed by atoms with Crippen molar-refractivity contribution in [2.24, 2.45) is 0 Å². The van der Waals surface area contributed by atoms with Crippen LogP contribution < -0.4 is 10.1 Å². The van der Waals surface area contributed by atoms with Gasteiger partial charge < -0.3 is 19.9 Å². The van der Waals surface area contributed by atoms with Crippen LogP contribution in [0.5, 0.6) is 11.5 Å². The summed E-state index contributed by atoms with van der Waals surface area (Å²) in [6.07, 6.45) is 2.36. The van der Waals surface area contributed by atoms with Crippen LogP contribution in [0, 0.1) is 0 Å². The van der Waals surface area contributed by atoms with E-state index in [9.17, 15) is 9.90 Å². The van der Waals surface area contributed by atoms with Gasteiger partial charge in [-0.1, -0.05) is 6.08 Å². The first-order chi connectivity index (χ1) is 10.3. The van der Waals surface area contributed by atoms with E-state index in [4.69, 9.17) is 9.47 Å². The number of benzene rings is 1. The van der Waals surface area contributed by atoms with Gasteiger partial charge in [-0.2, -0.15) is 0 Å². The molecule has 0 aliphatic carbocycles. The molecular formula is C17H25NO4. The largest absolute Gasteiger partial charge is 0.508 e. The minimum absolute atomic E-state index is 0.202. The average Bonchev–Trinajstić information content (AvgIpc) is 2.39. The molecule has 1 rings (SSSR count). The standard InChI is InChI=1S/C17H25NO4/c1-6-7-12-11-15(21-5)13(10-14(12)19)8-9-18-16(20)22-17(2,3)4/h6,10-11,19H,1,7-9H2,2-5H3,(H,18,20). The van der Waals surface area contributed by atoms with Gasteiger partial charge in [0.15, 0.2) is 0 Å². The Balaban J connectivity index is 2.67. The molecule has 0 fully saturated rings. The number of aromatic hydroxyl groups is 1. The molecular weight excluding hydrogens is 282 g/mol. The van der Waals surface area contributed by atoms with Crippen LogP contribution in [0.3, 0.4) is 0 Å². The van der Waals surface area contributed by atoms with Crippen molar-refractivity contribution in [1.29, 1.82) is 0 Å². The Labute approximate surface area is 131 Å². The molecule has 0 unspecified atom stereocenters. The number of allylic oxidation sites excluding steroid dienone is 1. The minimum atomic E-state index is -0.521. The molecule has 22 heavy (non-hydrogen) atoms. The number of phenolic OH excluding ortho intramolecular Hbond substituents is 1. The van der Waals surface area contributed by atoms with E-state index in [2.05, 4.69) is 11.9 Å². The average molecular weight is 307 g/mol. The zero-order valence-corrected chi connectivity index (χ0v) is 13.7. The van der Waals surface area contributed by atoms with Crippen LogP contribution in [0.25, 0.3) is 0 Å². The fraction of sp³-hybridized carbons (Fsp3) is 0.471. The third kappa shape index (κ3) is 5.68. The Morgan fingerprint density at radius 1 is 1.36 bits per heavy atom. The predicted molar refractivity (Wildman–Crippen MR) is 86.5 cm³/mol. The molecule has 5 heteroatoms. The van der Waals surface area contributed by atoms with Gasteiger partial charge in [-0.3, -0.25) is 0 Å². The van der Waals surface area contributed by atoms with E-state index in [1.54, 1.807) is 25.3 Å². The molecule has 0 spiro atoms. The Morgan fingerprint density at radius 2 is 2.05 bits per heavy atom. The van der Waals surface area contributed by atoms with Crippen LogP contribution in [0.2, 0.25) is 0 Å². The number of hydrogen-bond acceptors (Lipinski definition) is 4. The molecule has 1 aromatic carbocycles. The SMILES string of the molecule is C=CCc1cc(OC)c(CCNC(=O)OC(C)(C)C)cc1O. The van der Waals surface area contributed by atoms with E-state index in [1.165, 1.54) is 0 Å². The number of alkyl carbamates (subject to hydrolysis) is 1. The highest BCUT2D eigenvalue weighted by molar-refractivity contribution is 5.67. The van der Waals surface area contributed by atoms with Gasteiger partial charge >= 0.3 is 6.09 Å². The van der Waals surface area contributed by atoms with Crippen LogP contribution >= 0.6 is 0 Å². The van der Waals surface area contributed by atoms with Gasteiger partial charge in [0.25, 0.3) is 0 Å². The quantitative estimate of drug-likeness (QED) is 0.792. The fourth-order valence-corrected chi connectivity index (χ4v) is 1.97. The number of phenols is 1. The first-order valence-electron chi connectivity index (χ1n) is 7.23. The van der Waals surface area contributed by atoms with Crippen molar-refractivity contribution in [2.75, 3.05) is 13.7 Å². The third-order valence-electron chi connectivity index (χ3n) is 2.91. The summed E-state index contributed by atoms with van der Waals surface area (Å²) in [4.78, 5) is 11.6. The Bertz CT molecular complexity index is 532. The Morgan fingerprint density at radius 3 is 2.59 bits per heavy atom. The zero-order chi connectivity index (χ0) is 16.8. The second-order valence-corrected chi connectivity index (χ2v) is 5.96. The highest BCUT2D eigenvalue weighted by Crippen LogP contribution is 2.28. The molecule has 1 aromatic rings. The van der Waals surface area contributed by atoms with Crippen molar-refractivity contribution in [1.82, 2.24) is 5.32 Å². The maximum Gasteiger partial charge on any atom is 0.407 e. The lowest BCUT2D eigenvalue weighted by Crippen LogP contribution is -2.33. The lowest BCUT2D eigenvalue weighted by atomic mass is 10.0. The smallest absolute Gasteiger partial charge is 0.407 e. The predicted octanol–water partition coefficient (Wildman–Crippen LogP) is 3.20. The molecule has 0 radical (unpaired) electrons. The van der Waals surface area contributed by atoms with Crippen molar-refractivity contribution >= 4 is 6.09 Å². The van der Waals surface area contributed by atoms with Crippen LogP contribution in [0.4, 0.5) is 4.79 Å². The van der Waals surface area contributed by atoms with E-state index < -0.39 is 11.7 Å². The third-order valence-corrected chi connectivity index (χ3v) is 2.91. The Kier molecular flexibility index (Phi) is 6.28. The normalized spacial score (nSPS) is 10.9. The summed E-state index contributed by atoms with van der Waals surface area (Å²) >= 11 is 0. The lowest BCUT2D eigenvalue weighted by molar-refractivity contribution is 0.0528. The number of rotatable bonds is 6. The van der Waals surface area contributed by atoms with Crippen molar-refractivity contribution in [3.8, 4) is 11.5 Å². The van der Waals surface area contributed by atoms with Crippen molar-refractivity contribution in [2.45, 2.75) is 39.2 Å². The molecule has 0 aromatic heterocycles. The minimum Gasteiger partial charge on any atom is -0.508 e. The summed E-state index contributed by atoms with van der Waals surface area (Å²) in [7, 11) is 1.58. The molecule has 0 saturated heterocycles. The Hall–Kier alpha value is -2.17. The van der Waals surface area contributed by atoms with Crippen molar-refractivity contribution in [3.63, 3.8) is 0 Å². The number of carbonyl (C=O) groups is 1. The van der Waals surface area contributed by atoms with Crippen LogP contribution in [0.15, 0.2) is 24.8 Å². The van der Waals surface area contributed by atoms with Crippen LogP contribution in [-0.4, -0.2) is 30.5 Å². The summed E-state index contributed by atoms with van der Waals surface area (Å²) in [6.45, 7) is 9.49. The van der Waals surface area contributed by atoms with Gasteiger partial charge in [0.1, 0.15) is 17.1 Å². The molecule has 122 valence electrons. The first kappa shape index (κ1) is 17.9. The number of nitrogens with one attached hydrogen (secondary N) is 1. The maximum absolute atomic E-state index is 11.6. The molecule has 0 saturated carbocycles. The monoisotopic (exact) mass is 307 g/mol. The van der Waals surface area contributed by atoms with Crippen molar-refractivity contribution < 1.29 is 19.4 Å². The molecule has 5 nitrogen and oxygen atoms in total. The summed E-state index contributed by atoms with van der Waals surface area (Å²) in [5.74, 6) is 0.883. The molecule has 0 bridgehead atoms. The summed E-state index contributed by atoms with van der Waals surface area (Å²) < 4.78 is 10.5. The number of hydrogen-bond donors (Lipinski definition) is 2. The highest BCUT2D eigenvalue weighted by Gasteiger charge is 2.16. The molecule has 0 heterocycles. The van der Waals surface area contributed by atoms with Gasteiger partial charge in [0, 0.05) is 12.1 Å². The molecule has 1 amide bonds. The molecule has 0 aliphatic rings. The van der Waals surface area contributed by atoms with Crippen LogP contribution in [0.1, 0.15) is 31.9 Å². The second-order valence-electron chi connectivity index (χ2n) is 5.96. The highest BCUT2D eigenvalue weighted by atomic mass is 16.6. The van der Waals surface area contributed by atoms with E-state index in [1.807, 2.05) is 20.8 Å². The lowest BCUT2D eigenvalue weighted by Gasteiger charge is -2.19. The summed E-state index contributed by atoms with van der Waals surface area (Å²) in [5, 5.41) is 12.7. The molecule has 0 atom stereocenters. The maximum atomic E-state index is 11.6. The van der Waals surface area contributed by atoms with E-state index in [0.717, 1.165) is 11.1 Å². The van der Waals surface area contributed by atoms with E-state index in [0.29, 0.717) is 25.1 Å². The van der Waals surface area contributed by atoms with Gasteiger partial charge in [-0.25, -0.2) is 4.79 Å². The van der Waals surface area contributed by atoms with Gasteiger partial charge in [-0.15, -0.1) is 6.58 Å². The number of amides is 1. The molecule has 0 aliphatic heterocycles. The number of ether oxygens (including phenoxy) is 2. The second kappa shape index (κ2) is 7.73. The first-order valence-corrected chi connectivity index (χ1v) is 7.23. The number of methoxy groups -OCH3 is 1. The summed E-state index contributed by atoms with van der Waals surface area (Å²) in [5.41, 5.74) is 1.06. The summed E-state index contributed by atoms with van der Waals surface area (Å²) in [6, 6.07) is 3.45. The number of carbonyl (C=O) groups excluding carboxylic acids is 1. The van der Waals surface area contributed by atoms with Crippen molar-refractivity contribution in [3.05, 3.63) is 35.9 Å². The zero-order valence-electron chi connectivity index (χ0n) is 13.7. The van der Waals surface area contributed by atoms with Gasteiger partial charge in [-0.05, 0) is 51.3 Å². The fourth-order valence-electron chi connectivity index (χ4n) is 1.97. The van der Waals surface area contributed by atoms with E-state index in [-0.39, 0.29) is 5.75 Å². The van der Waals surface area contributed by atoms with E-state index >= 15 is 0 Å².